The number of halogens is 2. The van der Waals surface area contributed by atoms with E-state index >= 15 is 0 Å². The average Bonchev–Trinajstić information content (AvgIpc) is 3.30. The first-order chi connectivity index (χ1) is 16.6. The summed E-state index contributed by atoms with van der Waals surface area (Å²) in [5.41, 5.74) is 14.3. The molecule has 1 saturated heterocycles. The number of aryl methyl sites for hydroxylation is 3. The fourth-order valence-electron chi connectivity index (χ4n) is 5.09. The number of nitrogens with two attached hydrogens (primary N) is 2. The Kier molecular flexibility index (Phi) is 5.87. The van der Waals surface area contributed by atoms with Crippen molar-refractivity contribution in [3.8, 4) is 0 Å². The maximum absolute atomic E-state index is 13.6. The number of aromatic nitrogens is 3. The first kappa shape index (κ1) is 23.8. The lowest BCUT2D eigenvalue weighted by molar-refractivity contribution is 0.0122. The molecule has 3 aromatic heterocycles. The number of carbonyl (C=O) groups excluding carboxylic acids is 1. The van der Waals surface area contributed by atoms with Gasteiger partial charge in [-0.1, -0.05) is 13.0 Å². The van der Waals surface area contributed by atoms with Crippen LogP contribution in [0, 0.1) is 19.3 Å². The number of alkyl halides is 2. The largest absolute Gasteiger partial charge is 0.397 e. The van der Waals surface area contributed by atoms with E-state index in [4.69, 9.17) is 16.5 Å². The van der Waals surface area contributed by atoms with Crippen molar-refractivity contribution in [2.75, 3.05) is 23.7 Å². The summed E-state index contributed by atoms with van der Waals surface area (Å²) in [7, 11) is 0. The Morgan fingerprint density at radius 3 is 2.77 bits per heavy atom. The molecule has 3 aromatic rings. The molecular formula is C24H29F2N7OS. The number of hydrogen-bond donors (Lipinski definition) is 3. The molecule has 0 saturated carbocycles. The zero-order valence-electron chi connectivity index (χ0n) is 19.9. The van der Waals surface area contributed by atoms with Gasteiger partial charge < -0.3 is 21.7 Å². The van der Waals surface area contributed by atoms with Crippen molar-refractivity contribution in [3.05, 3.63) is 39.8 Å². The van der Waals surface area contributed by atoms with Gasteiger partial charge in [0.05, 0.1) is 22.2 Å². The smallest absolute Gasteiger partial charge is 0.263 e. The van der Waals surface area contributed by atoms with Crippen molar-refractivity contribution < 1.29 is 13.6 Å². The van der Waals surface area contributed by atoms with Crippen LogP contribution in [0.5, 0.6) is 0 Å². The lowest BCUT2D eigenvalue weighted by Crippen LogP contribution is -2.43. The van der Waals surface area contributed by atoms with E-state index in [0.717, 1.165) is 28.8 Å². The molecule has 1 aliphatic heterocycles. The van der Waals surface area contributed by atoms with E-state index in [0.29, 0.717) is 46.4 Å². The van der Waals surface area contributed by atoms with E-state index < -0.39 is 17.9 Å². The molecule has 2 aliphatic rings. The highest BCUT2D eigenvalue weighted by Gasteiger charge is 2.48. The SMILES string of the molecule is Cc1nc(C)c2c(N)c(C(=O)NC3CCc4nc(N5CC(N)C(C)(C(F)F)C5)ccc4C3)sc2n1. The molecule has 5 N–H and O–H groups in total. The van der Waals surface area contributed by atoms with E-state index in [9.17, 15) is 13.6 Å². The van der Waals surface area contributed by atoms with Crippen molar-refractivity contribution in [1.29, 1.82) is 0 Å². The number of fused-ring (bicyclic) bond motifs is 2. The van der Waals surface area contributed by atoms with Gasteiger partial charge in [-0.15, -0.1) is 11.3 Å². The predicted octanol–water partition coefficient (Wildman–Crippen LogP) is 2.99. The number of pyridine rings is 1. The monoisotopic (exact) mass is 501 g/mol. The lowest BCUT2D eigenvalue weighted by atomic mass is 9.86. The number of thiophene rings is 1. The van der Waals surface area contributed by atoms with E-state index in [1.807, 2.05) is 30.9 Å². The summed E-state index contributed by atoms with van der Waals surface area (Å²) < 4.78 is 27.1. The van der Waals surface area contributed by atoms with Crippen LogP contribution in [0.3, 0.4) is 0 Å². The fraction of sp³-hybridized carbons (Fsp3) is 0.500. The van der Waals surface area contributed by atoms with Crippen LogP contribution >= 0.6 is 11.3 Å². The Morgan fingerprint density at radius 2 is 2.06 bits per heavy atom. The highest BCUT2D eigenvalue weighted by atomic mass is 32.1. The number of carbonyl (C=O) groups is 1. The normalized spacial score (nSPS) is 24.3. The molecule has 0 bridgehead atoms. The molecular weight excluding hydrogens is 472 g/mol. The number of amides is 1. The molecule has 11 heteroatoms. The zero-order chi connectivity index (χ0) is 25.1. The van der Waals surface area contributed by atoms with Crippen molar-refractivity contribution >= 4 is 39.0 Å². The third-order valence-electron chi connectivity index (χ3n) is 7.29. The Hall–Kier alpha value is -2.92. The van der Waals surface area contributed by atoms with Crippen LogP contribution < -0.4 is 21.7 Å². The summed E-state index contributed by atoms with van der Waals surface area (Å²) in [5.74, 6) is 1.11. The summed E-state index contributed by atoms with van der Waals surface area (Å²) in [6.45, 7) is 5.75. The minimum Gasteiger partial charge on any atom is -0.397 e. The molecule has 0 spiro atoms. The van der Waals surface area contributed by atoms with E-state index in [2.05, 4.69) is 15.3 Å². The number of nitrogens with zero attached hydrogens (tertiary/aromatic N) is 4. The first-order valence-electron chi connectivity index (χ1n) is 11.7. The zero-order valence-corrected chi connectivity index (χ0v) is 20.8. The lowest BCUT2D eigenvalue weighted by Gasteiger charge is -2.28. The second-order valence-electron chi connectivity index (χ2n) is 9.86. The van der Waals surface area contributed by atoms with E-state index in [1.54, 1.807) is 0 Å². The third-order valence-corrected chi connectivity index (χ3v) is 8.39. The van der Waals surface area contributed by atoms with Crippen LogP contribution in [0.25, 0.3) is 10.2 Å². The van der Waals surface area contributed by atoms with Crippen LogP contribution in [0.15, 0.2) is 12.1 Å². The highest BCUT2D eigenvalue weighted by molar-refractivity contribution is 7.21. The van der Waals surface area contributed by atoms with Crippen LogP contribution in [-0.2, 0) is 12.8 Å². The summed E-state index contributed by atoms with van der Waals surface area (Å²) in [6, 6.07) is 3.18. The number of anilines is 2. The standard InChI is InChI=1S/C24H29F2N7OS/c1-11-18-19(28)20(35-22(18)30-12(2)29-11)21(34)31-14-5-6-15-13(8-14)4-7-17(32-15)33-9-16(27)24(3,10-33)23(25)26/h4,7,14,16,23H,5-6,8-10,27-28H2,1-3H3,(H,31,34). The van der Waals surface area contributed by atoms with Crippen LogP contribution in [0.1, 0.15) is 45.8 Å². The summed E-state index contributed by atoms with van der Waals surface area (Å²) in [6.07, 6.45) is -0.428. The van der Waals surface area contributed by atoms with Gasteiger partial charge in [0.2, 0.25) is 6.43 Å². The van der Waals surface area contributed by atoms with Gasteiger partial charge in [-0.3, -0.25) is 4.79 Å². The maximum atomic E-state index is 13.6. The Bertz CT molecular complexity index is 1310. The summed E-state index contributed by atoms with van der Waals surface area (Å²) in [5, 5.41) is 3.85. The quantitative estimate of drug-likeness (QED) is 0.502. The van der Waals surface area contributed by atoms with Gasteiger partial charge in [-0.2, -0.15) is 0 Å². The molecule has 1 amide bonds. The minimum absolute atomic E-state index is 0.0523. The van der Waals surface area contributed by atoms with E-state index in [-0.39, 0.29) is 18.5 Å². The molecule has 1 aliphatic carbocycles. The van der Waals surface area contributed by atoms with E-state index in [1.165, 1.54) is 18.3 Å². The van der Waals surface area contributed by atoms with Gasteiger partial charge >= 0.3 is 0 Å². The molecule has 3 atom stereocenters. The first-order valence-corrected chi connectivity index (χ1v) is 12.5. The molecule has 0 radical (unpaired) electrons. The molecule has 5 rings (SSSR count). The number of nitrogens with one attached hydrogen (secondary N) is 1. The average molecular weight is 502 g/mol. The van der Waals surface area contributed by atoms with Crippen LogP contribution in [-0.4, -0.2) is 52.5 Å². The van der Waals surface area contributed by atoms with Crippen molar-refractivity contribution in [2.24, 2.45) is 11.1 Å². The molecule has 0 aromatic carbocycles. The third kappa shape index (κ3) is 4.10. The molecule has 35 heavy (non-hydrogen) atoms. The molecule has 8 nitrogen and oxygen atoms in total. The predicted molar refractivity (Wildman–Crippen MR) is 133 cm³/mol. The van der Waals surface area contributed by atoms with Gasteiger partial charge in [0.1, 0.15) is 21.3 Å². The molecule has 4 heterocycles. The highest BCUT2D eigenvalue weighted by Crippen LogP contribution is 2.38. The van der Waals surface area contributed by atoms with Gasteiger partial charge in [-0.05, 0) is 44.7 Å². The molecule has 1 fully saturated rings. The van der Waals surface area contributed by atoms with Crippen LogP contribution in [0.4, 0.5) is 20.3 Å². The van der Waals surface area contributed by atoms with Crippen molar-refractivity contribution in [3.63, 3.8) is 0 Å². The Morgan fingerprint density at radius 1 is 1.29 bits per heavy atom. The Balaban J connectivity index is 1.29. The topological polar surface area (TPSA) is 123 Å². The van der Waals surface area contributed by atoms with Crippen molar-refractivity contribution in [2.45, 2.75) is 58.5 Å². The van der Waals surface area contributed by atoms with Gasteiger partial charge in [0.25, 0.3) is 5.91 Å². The number of hydrogen-bond acceptors (Lipinski definition) is 8. The number of rotatable bonds is 4. The van der Waals surface area contributed by atoms with Gasteiger partial charge in [0.15, 0.2) is 0 Å². The second-order valence-corrected chi connectivity index (χ2v) is 10.9. The second kappa shape index (κ2) is 8.63. The summed E-state index contributed by atoms with van der Waals surface area (Å²) >= 11 is 1.28. The summed E-state index contributed by atoms with van der Waals surface area (Å²) in [4.78, 5) is 29.6. The minimum atomic E-state index is -2.49. The van der Waals surface area contributed by atoms with Crippen molar-refractivity contribution in [1.82, 2.24) is 20.3 Å². The van der Waals surface area contributed by atoms with Gasteiger partial charge in [-0.25, -0.2) is 23.7 Å². The fourth-order valence-corrected chi connectivity index (χ4v) is 6.19. The van der Waals surface area contributed by atoms with Gasteiger partial charge in [0, 0.05) is 30.9 Å². The Labute approximate surface area is 206 Å². The van der Waals surface area contributed by atoms with Crippen LogP contribution in [0.2, 0.25) is 0 Å². The molecule has 186 valence electrons. The number of nitrogen functional groups attached to an aromatic ring is 1. The molecule has 3 unspecified atom stereocenters. The maximum Gasteiger partial charge on any atom is 0.263 e.